The SMILES string of the molecule is CCc1c2c(nc3ccc(OC(=O)OC(C)(C)C)cc13)-c1cc3c(c(=O)n1C2)COC(O)C3(CC)OC(=O)N(C)CCCCN1CCN(Cc2ccc(-n3c(-c4cc(C(C)C)c(O)cc4O)n[nH]c3=O)cc2)CC1. The van der Waals surface area contributed by atoms with E-state index >= 15 is 0 Å². The summed E-state index contributed by atoms with van der Waals surface area (Å²) in [5, 5.41) is 40.0. The van der Waals surface area contributed by atoms with Crippen LogP contribution in [0.2, 0.25) is 0 Å². The molecule has 19 nitrogen and oxygen atoms in total. The first-order valence-corrected chi connectivity index (χ1v) is 25.4. The number of phenolic OH excluding ortho intramolecular Hbond substituents is 2. The number of phenols is 2. The Morgan fingerprint density at radius 1 is 0.946 bits per heavy atom. The molecule has 3 aliphatic heterocycles. The Morgan fingerprint density at radius 2 is 1.68 bits per heavy atom. The number of hydrogen-bond donors (Lipinski definition) is 4. The number of rotatable bonds is 14. The number of amides is 1. The summed E-state index contributed by atoms with van der Waals surface area (Å²) in [6.45, 7) is 18.6. The van der Waals surface area contributed by atoms with Crippen molar-refractivity contribution in [2.24, 2.45) is 0 Å². The summed E-state index contributed by atoms with van der Waals surface area (Å²) in [7, 11) is 1.67. The Morgan fingerprint density at radius 3 is 2.36 bits per heavy atom. The smallest absolute Gasteiger partial charge is 0.508 e. The second kappa shape index (κ2) is 20.7. The van der Waals surface area contributed by atoms with Crippen molar-refractivity contribution in [2.75, 3.05) is 46.3 Å². The van der Waals surface area contributed by atoms with Crippen LogP contribution in [-0.4, -0.2) is 125 Å². The van der Waals surface area contributed by atoms with Crippen LogP contribution in [0.3, 0.4) is 0 Å². The Kier molecular flexibility index (Phi) is 14.5. The van der Waals surface area contributed by atoms with Gasteiger partial charge in [0.2, 0.25) is 0 Å². The zero-order chi connectivity index (χ0) is 52.8. The summed E-state index contributed by atoms with van der Waals surface area (Å²) in [5.41, 5.74) is 3.87. The van der Waals surface area contributed by atoms with E-state index < -0.39 is 35.4 Å². The lowest BCUT2D eigenvalue weighted by atomic mass is 9.84. The van der Waals surface area contributed by atoms with Gasteiger partial charge in [0.15, 0.2) is 17.7 Å². The van der Waals surface area contributed by atoms with Crippen molar-refractivity contribution in [1.82, 2.24) is 39.0 Å². The molecule has 0 aliphatic carbocycles. The van der Waals surface area contributed by atoms with E-state index in [1.807, 2.05) is 51.1 Å². The molecule has 2 unspecified atom stereocenters. The zero-order valence-electron chi connectivity index (χ0n) is 43.4. The van der Waals surface area contributed by atoms with Crippen molar-refractivity contribution < 1.29 is 43.9 Å². The number of aromatic hydroxyl groups is 2. The van der Waals surface area contributed by atoms with Crippen LogP contribution in [0.25, 0.3) is 39.4 Å². The number of aromatic amines is 1. The van der Waals surface area contributed by atoms with E-state index in [-0.39, 0.29) is 48.4 Å². The average Bonchev–Trinajstić information content (AvgIpc) is 3.94. The maximum atomic E-state index is 14.4. The standard InChI is InChI=1S/C55H66N8O11/c1-9-36-38-25-35(72-53(70)74-54(5,6)7)17-18-43(38)56-47-40(36)30-62-44(47)27-42-41(49(62)66)31-71-50(67)55(42,10-2)73-52(69)59(8)19-11-12-20-60-21-23-61(24-22-60)29-33-13-15-34(16-14-33)63-48(57-58-51(63)68)39-26-37(32(3)4)45(64)28-46(39)65/h13-18,25-28,32,50,64-65,67H,9-12,19-24,29-31H2,1-8H3,(H,58,68). The molecule has 1 amide bonds. The van der Waals surface area contributed by atoms with Crippen molar-refractivity contribution in [3.8, 4) is 45.7 Å². The van der Waals surface area contributed by atoms with Gasteiger partial charge in [-0.3, -0.25) is 9.69 Å². The Labute approximate surface area is 428 Å². The molecule has 3 aliphatic rings. The predicted octanol–water partition coefficient (Wildman–Crippen LogP) is 7.50. The number of H-pyrrole nitrogens is 1. The number of nitrogens with zero attached hydrogens (tertiary/aromatic N) is 7. The Bertz CT molecular complexity index is 3220. The number of aliphatic hydroxyl groups is 1. The van der Waals surface area contributed by atoms with Crippen LogP contribution >= 0.6 is 0 Å². The number of unbranched alkanes of at least 4 members (excludes halogenated alkanes) is 1. The van der Waals surface area contributed by atoms with E-state index in [4.69, 9.17) is 23.9 Å². The van der Waals surface area contributed by atoms with Gasteiger partial charge in [-0.05, 0) is 118 Å². The predicted molar refractivity (Wildman–Crippen MR) is 277 cm³/mol. The van der Waals surface area contributed by atoms with Crippen molar-refractivity contribution >= 4 is 23.2 Å². The quantitative estimate of drug-likeness (QED) is 0.0470. The molecular weight excluding hydrogens is 949 g/mol. The third-order valence-corrected chi connectivity index (χ3v) is 14.4. The van der Waals surface area contributed by atoms with E-state index in [1.54, 1.807) is 63.6 Å². The largest absolute Gasteiger partial charge is 0.514 e. The second-order valence-electron chi connectivity index (χ2n) is 20.8. The lowest BCUT2D eigenvalue weighted by molar-refractivity contribution is -0.237. The van der Waals surface area contributed by atoms with Gasteiger partial charge < -0.3 is 48.6 Å². The number of nitrogens with one attached hydrogen (secondary N) is 1. The van der Waals surface area contributed by atoms with Gasteiger partial charge >= 0.3 is 17.9 Å². The molecule has 19 heteroatoms. The van der Waals surface area contributed by atoms with Crippen LogP contribution in [0.5, 0.6) is 17.2 Å². The second-order valence-corrected chi connectivity index (χ2v) is 20.8. The molecular formula is C55H66N8O11. The van der Waals surface area contributed by atoms with Gasteiger partial charge in [0.05, 0.1) is 46.9 Å². The monoisotopic (exact) mass is 1010 g/mol. The van der Waals surface area contributed by atoms with E-state index in [9.17, 15) is 34.5 Å². The molecule has 1 fully saturated rings. The zero-order valence-corrected chi connectivity index (χ0v) is 43.4. The lowest BCUT2D eigenvalue weighted by Gasteiger charge is -2.41. The van der Waals surface area contributed by atoms with Gasteiger partial charge in [0.25, 0.3) is 5.56 Å². The lowest BCUT2D eigenvalue weighted by Crippen LogP contribution is -2.51. The third-order valence-electron chi connectivity index (χ3n) is 14.4. The first-order chi connectivity index (χ1) is 35.3. The van der Waals surface area contributed by atoms with Crippen molar-refractivity contribution in [2.45, 2.75) is 117 Å². The first kappa shape index (κ1) is 51.8. The first-order valence-electron chi connectivity index (χ1n) is 25.4. The van der Waals surface area contributed by atoms with Crippen molar-refractivity contribution in [1.29, 1.82) is 0 Å². The van der Waals surface area contributed by atoms with Gasteiger partial charge in [-0.2, -0.15) is 5.10 Å². The van der Waals surface area contributed by atoms with E-state index in [0.29, 0.717) is 63.6 Å². The number of aromatic nitrogens is 5. The van der Waals surface area contributed by atoms with E-state index in [0.717, 1.165) is 74.2 Å². The Balaban J connectivity index is 0.796. The molecule has 74 heavy (non-hydrogen) atoms. The van der Waals surface area contributed by atoms with Crippen LogP contribution in [0.1, 0.15) is 107 Å². The minimum absolute atomic E-state index is 0.0133. The molecule has 0 saturated carbocycles. The molecule has 3 aromatic carbocycles. The van der Waals surface area contributed by atoms with Crippen LogP contribution < -0.4 is 16.0 Å². The number of carbonyl (C=O) groups is 2. The fourth-order valence-electron chi connectivity index (χ4n) is 10.4. The van der Waals surface area contributed by atoms with Gasteiger partial charge in [-0.1, -0.05) is 39.8 Å². The molecule has 9 rings (SSSR count). The molecule has 2 atom stereocenters. The summed E-state index contributed by atoms with van der Waals surface area (Å²) >= 11 is 0. The van der Waals surface area contributed by atoms with Crippen molar-refractivity contribution in [3.63, 3.8) is 0 Å². The molecule has 0 spiro atoms. The molecule has 4 N–H and O–H groups in total. The summed E-state index contributed by atoms with van der Waals surface area (Å²) in [5.74, 6) is 0.347. The van der Waals surface area contributed by atoms with Crippen LogP contribution in [0.4, 0.5) is 9.59 Å². The molecule has 6 aromatic rings. The topological polar surface area (TPSA) is 227 Å². The van der Waals surface area contributed by atoms with Crippen LogP contribution in [0, 0.1) is 0 Å². The summed E-state index contributed by atoms with van der Waals surface area (Å²) in [4.78, 5) is 65.0. The van der Waals surface area contributed by atoms with Gasteiger partial charge in [0, 0.05) is 68.9 Å². The number of carbonyl (C=O) groups excluding carboxylic acids is 2. The van der Waals surface area contributed by atoms with Gasteiger partial charge in [0.1, 0.15) is 22.8 Å². The summed E-state index contributed by atoms with van der Waals surface area (Å²) in [6.07, 6.45) is -0.651. The Hall–Kier alpha value is -7.06. The van der Waals surface area contributed by atoms with Gasteiger partial charge in [-0.25, -0.2) is 29.0 Å². The molecule has 392 valence electrons. The van der Waals surface area contributed by atoms with E-state index in [2.05, 4.69) is 20.0 Å². The molecule has 0 bridgehead atoms. The van der Waals surface area contributed by atoms with Gasteiger partial charge in [-0.15, -0.1) is 0 Å². The van der Waals surface area contributed by atoms with Crippen molar-refractivity contribution in [3.05, 3.63) is 115 Å². The maximum absolute atomic E-state index is 14.4. The fraction of sp³-hybridized carbons (Fsp3) is 0.455. The molecule has 3 aromatic heterocycles. The number of piperazine rings is 1. The fourth-order valence-corrected chi connectivity index (χ4v) is 10.4. The highest BCUT2D eigenvalue weighted by molar-refractivity contribution is 5.89. The number of ether oxygens (including phenoxy) is 4. The highest BCUT2D eigenvalue weighted by atomic mass is 16.7. The van der Waals surface area contributed by atoms with E-state index in [1.165, 1.54) is 15.5 Å². The molecule has 6 heterocycles. The normalized spacial score (nSPS) is 17.8. The number of aryl methyl sites for hydroxylation is 1. The number of pyridine rings is 2. The van der Waals surface area contributed by atoms with Crippen LogP contribution in [0.15, 0.2) is 70.3 Å². The number of benzene rings is 3. The summed E-state index contributed by atoms with van der Waals surface area (Å²) < 4.78 is 26.0. The number of aliphatic hydroxyl groups excluding tert-OH is 1. The average molecular weight is 1020 g/mol. The molecule has 1 saturated heterocycles. The molecule has 0 radical (unpaired) electrons. The minimum Gasteiger partial charge on any atom is -0.508 e. The minimum atomic E-state index is -1.66. The summed E-state index contributed by atoms with van der Waals surface area (Å²) in [6, 6.07) is 17.7. The van der Waals surface area contributed by atoms with Crippen LogP contribution in [-0.2, 0) is 45.9 Å². The third kappa shape index (κ3) is 10.1. The highest BCUT2D eigenvalue weighted by Crippen LogP contribution is 2.44. The number of hydrogen-bond acceptors (Lipinski definition) is 15. The number of fused-ring (bicyclic) bond motifs is 5. The maximum Gasteiger partial charge on any atom is 0.514 e. The highest BCUT2D eigenvalue weighted by Gasteiger charge is 2.50.